The smallest absolute Gasteiger partial charge is 0.401 e. The van der Waals surface area contributed by atoms with E-state index in [0.717, 1.165) is 36.7 Å². The van der Waals surface area contributed by atoms with Crippen LogP contribution in [-0.2, 0) is 0 Å². The van der Waals surface area contributed by atoms with Crippen LogP contribution in [0, 0.1) is 0 Å². The van der Waals surface area contributed by atoms with E-state index in [-0.39, 0.29) is 36.6 Å². The molecule has 11 heteroatoms. The SMILES string of the molecule is CN=C(NCCN(C)CC(F)(F)F)NC1CCN(c2cc(OC)cc(OC)c2)C1.I. The molecule has 0 amide bonds. The van der Waals surface area contributed by atoms with Crippen LogP contribution >= 0.6 is 24.0 Å². The Bertz CT molecular complexity index is 668. The van der Waals surface area contributed by atoms with E-state index in [4.69, 9.17) is 9.47 Å². The molecule has 30 heavy (non-hydrogen) atoms. The van der Waals surface area contributed by atoms with E-state index in [0.29, 0.717) is 12.5 Å². The Hall–Kier alpha value is -1.63. The normalized spacial score (nSPS) is 17.0. The molecule has 2 rings (SSSR count). The quantitative estimate of drug-likeness (QED) is 0.298. The zero-order valence-corrected chi connectivity index (χ0v) is 20.1. The number of nitrogens with one attached hydrogen (secondary N) is 2. The number of ether oxygens (including phenoxy) is 2. The summed E-state index contributed by atoms with van der Waals surface area (Å²) < 4.78 is 47.8. The fraction of sp³-hybridized carbons (Fsp3) is 0.632. The van der Waals surface area contributed by atoms with Crippen molar-refractivity contribution in [3.63, 3.8) is 0 Å². The Morgan fingerprint density at radius 2 is 1.87 bits per heavy atom. The maximum Gasteiger partial charge on any atom is 0.401 e. The van der Waals surface area contributed by atoms with Gasteiger partial charge in [-0.1, -0.05) is 0 Å². The number of likely N-dealkylation sites (N-methyl/N-ethyl adjacent to an activating group) is 1. The van der Waals surface area contributed by atoms with E-state index < -0.39 is 12.7 Å². The second-order valence-corrected chi connectivity index (χ2v) is 7.00. The molecule has 1 fully saturated rings. The summed E-state index contributed by atoms with van der Waals surface area (Å²) in [5.74, 6) is 2.05. The summed E-state index contributed by atoms with van der Waals surface area (Å²) in [7, 11) is 6.33. The van der Waals surface area contributed by atoms with Gasteiger partial charge in [-0.05, 0) is 13.5 Å². The van der Waals surface area contributed by atoms with Crippen molar-refractivity contribution < 1.29 is 22.6 Å². The predicted octanol–water partition coefficient (Wildman–Crippen LogP) is 2.56. The van der Waals surface area contributed by atoms with Crippen LogP contribution in [0.4, 0.5) is 18.9 Å². The predicted molar refractivity (Wildman–Crippen MR) is 124 cm³/mol. The number of alkyl halides is 3. The van der Waals surface area contributed by atoms with Crippen LogP contribution in [0.1, 0.15) is 6.42 Å². The molecule has 1 aromatic carbocycles. The number of halogens is 4. The molecule has 172 valence electrons. The maximum absolute atomic E-state index is 12.4. The summed E-state index contributed by atoms with van der Waals surface area (Å²) in [6.45, 7) is 1.34. The first-order valence-electron chi connectivity index (χ1n) is 9.44. The van der Waals surface area contributed by atoms with Gasteiger partial charge in [0, 0.05) is 63.2 Å². The van der Waals surface area contributed by atoms with Gasteiger partial charge in [0.15, 0.2) is 5.96 Å². The zero-order chi connectivity index (χ0) is 21.4. The summed E-state index contributed by atoms with van der Waals surface area (Å²) in [5.41, 5.74) is 1.02. The fourth-order valence-corrected chi connectivity index (χ4v) is 3.23. The van der Waals surface area contributed by atoms with Crippen molar-refractivity contribution >= 4 is 35.6 Å². The Kier molecular flexibility index (Phi) is 10.8. The van der Waals surface area contributed by atoms with Crippen molar-refractivity contribution in [2.75, 3.05) is 65.9 Å². The van der Waals surface area contributed by atoms with E-state index in [1.54, 1.807) is 21.3 Å². The number of nitrogens with zero attached hydrogens (tertiary/aromatic N) is 3. The monoisotopic (exact) mass is 545 g/mol. The van der Waals surface area contributed by atoms with Gasteiger partial charge in [-0.15, -0.1) is 24.0 Å². The molecule has 0 saturated carbocycles. The minimum Gasteiger partial charge on any atom is -0.497 e. The van der Waals surface area contributed by atoms with Crippen LogP contribution in [0.2, 0.25) is 0 Å². The molecule has 7 nitrogen and oxygen atoms in total. The molecule has 1 atom stereocenters. The number of benzene rings is 1. The van der Waals surface area contributed by atoms with Gasteiger partial charge in [0.1, 0.15) is 11.5 Å². The first-order valence-corrected chi connectivity index (χ1v) is 9.44. The van der Waals surface area contributed by atoms with E-state index in [1.165, 1.54) is 11.9 Å². The topological polar surface area (TPSA) is 61.4 Å². The van der Waals surface area contributed by atoms with Crippen LogP contribution in [0.3, 0.4) is 0 Å². The third kappa shape index (κ3) is 8.62. The van der Waals surface area contributed by atoms with Gasteiger partial charge in [-0.3, -0.25) is 9.89 Å². The summed E-state index contributed by atoms with van der Waals surface area (Å²) >= 11 is 0. The van der Waals surface area contributed by atoms with Crippen molar-refractivity contribution in [1.29, 1.82) is 0 Å². The van der Waals surface area contributed by atoms with E-state index in [2.05, 4.69) is 20.5 Å². The molecular formula is C19H31F3IN5O2. The summed E-state index contributed by atoms with van der Waals surface area (Å²) in [4.78, 5) is 7.63. The zero-order valence-electron chi connectivity index (χ0n) is 17.8. The molecule has 1 heterocycles. The molecule has 1 unspecified atom stereocenters. The van der Waals surface area contributed by atoms with Crippen LogP contribution in [0.25, 0.3) is 0 Å². The summed E-state index contributed by atoms with van der Waals surface area (Å²) in [6.07, 6.45) is -3.28. The highest BCUT2D eigenvalue weighted by Crippen LogP contribution is 2.30. The third-order valence-corrected chi connectivity index (χ3v) is 4.69. The van der Waals surface area contributed by atoms with Crippen LogP contribution in [0.5, 0.6) is 11.5 Å². The number of hydrogen-bond acceptors (Lipinski definition) is 5. The molecule has 0 bridgehead atoms. The number of hydrogen-bond donors (Lipinski definition) is 2. The molecule has 0 aliphatic carbocycles. The molecule has 0 spiro atoms. The first kappa shape index (κ1) is 26.4. The van der Waals surface area contributed by atoms with Gasteiger partial charge >= 0.3 is 6.18 Å². The standard InChI is InChI=1S/C19H30F3N5O2.HI/c1-23-18(24-6-8-26(2)13-19(20,21)22)25-14-5-7-27(12-14)15-9-16(28-3)11-17(10-15)29-4;/h9-11,14H,5-8,12-13H2,1-4H3,(H2,23,24,25);1H. The molecule has 0 aromatic heterocycles. The van der Waals surface area contributed by atoms with E-state index in [9.17, 15) is 13.2 Å². The second-order valence-electron chi connectivity index (χ2n) is 7.00. The number of methoxy groups -OCH3 is 2. The molecular weight excluding hydrogens is 514 g/mol. The van der Waals surface area contributed by atoms with Crippen molar-refractivity contribution in [3.05, 3.63) is 18.2 Å². The molecule has 1 aromatic rings. The average molecular weight is 545 g/mol. The largest absolute Gasteiger partial charge is 0.497 e. The first-order chi connectivity index (χ1) is 13.7. The van der Waals surface area contributed by atoms with Crippen LogP contribution in [-0.4, -0.2) is 84.1 Å². The Labute approximate surface area is 193 Å². The van der Waals surface area contributed by atoms with E-state index >= 15 is 0 Å². The average Bonchev–Trinajstić information content (AvgIpc) is 3.13. The highest BCUT2D eigenvalue weighted by molar-refractivity contribution is 14.0. The lowest BCUT2D eigenvalue weighted by Gasteiger charge is -2.22. The highest BCUT2D eigenvalue weighted by atomic mass is 127. The molecule has 2 N–H and O–H groups in total. The minimum absolute atomic E-state index is 0. The van der Waals surface area contributed by atoms with Crippen molar-refractivity contribution in [3.8, 4) is 11.5 Å². The molecule has 1 aliphatic heterocycles. The van der Waals surface area contributed by atoms with Crippen LogP contribution in [0.15, 0.2) is 23.2 Å². The number of rotatable bonds is 8. The lowest BCUT2D eigenvalue weighted by atomic mass is 10.2. The van der Waals surface area contributed by atoms with Gasteiger partial charge < -0.3 is 25.0 Å². The van der Waals surface area contributed by atoms with Crippen molar-refractivity contribution in [2.45, 2.75) is 18.6 Å². The lowest BCUT2D eigenvalue weighted by Crippen LogP contribution is -2.46. The summed E-state index contributed by atoms with van der Waals surface area (Å²) in [6, 6.07) is 5.94. The van der Waals surface area contributed by atoms with Gasteiger partial charge in [0.25, 0.3) is 0 Å². The molecule has 1 saturated heterocycles. The van der Waals surface area contributed by atoms with Crippen molar-refractivity contribution in [2.24, 2.45) is 4.99 Å². The number of guanidine groups is 1. The second kappa shape index (κ2) is 12.3. The minimum atomic E-state index is -4.19. The van der Waals surface area contributed by atoms with Crippen molar-refractivity contribution in [1.82, 2.24) is 15.5 Å². The molecule has 1 aliphatic rings. The fourth-order valence-electron chi connectivity index (χ4n) is 3.23. The van der Waals surface area contributed by atoms with Gasteiger partial charge in [-0.25, -0.2) is 0 Å². The van der Waals surface area contributed by atoms with Gasteiger partial charge in [0.05, 0.1) is 20.8 Å². The van der Waals surface area contributed by atoms with Gasteiger partial charge in [-0.2, -0.15) is 13.2 Å². The Balaban J connectivity index is 0.00000450. The summed E-state index contributed by atoms with van der Waals surface area (Å²) in [5, 5.41) is 6.41. The van der Waals surface area contributed by atoms with Crippen LogP contribution < -0.4 is 25.0 Å². The highest BCUT2D eigenvalue weighted by Gasteiger charge is 2.29. The third-order valence-electron chi connectivity index (χ3n) is 4.69. The van der Waals surface area contributed by atoms with Gasteiger partial charge in [0.2, 0.25) is 0 Å². The number of aliphatic imine (C=N–C) groups is 1. The van der Waals surface area contributed by atoms with E-state index in [1.807, 2.05) is 18.2 Å². The number of anilines is 1. The lowest BCUT2D eigenvalue weighted by molar-refractivity contribution is -0.142. The Morgan fingerprint density at radius 1 is 1.23 bits per heavy atom. The Morgan fingerprint density at radius 3 is 2.40 bits per heavy atom. The molecule has 0 radical (unpaired) electrons. The maximum atomic E-state index is 12.4.